The Morgan fingerprint density at radius 2 is 1.75 bits per heavy atom. The number of imide groups is 1. The number of anilines is 1. The topological polar surface area (TPSA) is 297 Å². The maximum Gasteiger partial charge on any atom is 0.247 e. The van der Waals surface area contributed by atoms with Gasteiger partial charge in [-0.2, -0.15) is 5.10 Å². The molecular formula is C43H47N5O14S. The van der Waals surface area contributed by atoms with Gasteiger partial charge in [-0.15, -0.1) is 11.8 Å². The number of hydrogen-bond acceptors (Lipinski definition) is 17. The third-order valence-electron chi connectivity index (χ3n) is 11.8. The largest absolute Gasteiger partial charge is 0.507 e. The van der Waals surface area contributed by atoms with Crippen LogP contribution < -0.4 is 26.1 Å². The number of nitrogens with one attached hydrogen (secondary N) is 2. The number of methoxy groups -OCH3 is 1. The van der Waals surface area contributed by atoms with E-state index < -0.39 is 113 Å². The molecule has 4 aliphatic rings. The molecule has 2 saturated heterocycles. The van der Waals surface area contributed by atoms with Crippen LogP contribution in [0.5, 0.6) is 17.2 Å². The van der Waals surface area contributed by atoms with Crippen LogP contribution in [0.3, 0.4) is 0 Å². The maximum atomic E-state index is 14.0. The lowest BCUT2D eigenvalue weighted by atomic mass is 9.71. The molecule has 20 heteroatoms. The van der Waals surface area contributed by atoms with Crippen molar-refractivity contribution in [2.75, 3.05) is 31.4 Å². The molecule has 2 aliphatic carbocycles. The molecule has 4 amide bonds. The first-order chi connectivity index (χ1) is 30.0. The summed E-state index contributed by atoms with van der Waals surface area (Å²) in [4.78, 5) is 79.5. The number of fused-ring (bicyclic) bond motifs is 3. The van der Waals surface area contributed by atoms with E-state index in [4.69, 9.17) is 19.9 Å². The number of thioether (sulfide) groups is 1. The number of nitrogens with two attached hydrogens (primary N) is 1. The minimum atomic E-state index is -2.21. The van der Waals surface area contributed by atoms with E-state index >= 15 is 0 Å². The molecule has 0 spiro atoms. The van der Waals surface area contributed by atoms with E-state index in [2.05, 4.69) is 15.8 Å². The molecule has 0 radical (unpaired) electrons. The molecule has 9 N–H and O–H groups in total. The number of phenolic OH excluding ortho intramolecular Hbond substituents is 2. The lowest BCUT2D eigenvalue weighted by Crippen LogP contribution is -2.53. The summed E-state index contributed by atoms with van der Waals surface area (Å²) < 4.78 is 17.5. The highest BCUT2D eigenvalue weighted by molar-refractivity contribution is 8.01. The van der Waals surface area contributed by atoms with Gasteiger partial charge < -0.3 is 50.8 Å². The average molecular weight is 890 g/mol. The Morgan fingerprint density at radius 3 is 2.41 bits per heavy atom. The van der Waals surface area contributed by atoms with Crippen LogP contribution in [-0.4, -0.2) is 128 Å². The molecule has 0 saturated carbocycles. The average Bonchev–Trinajstić information content (AvgIpc) is 3.55. The Hall–Kier alpha value is -5.74. The van der Waals surface area contributed by atoms with Crippen LogP contribution in [0.1, 0.15) is 87.2 Å². The first-order valence-electron chi connectivity index (χ1n) is 20.1. The van der Waals surface area contributed by atoms with E-state index in [0.717, 1.165) is 16.7 Å². The van der Waals surface area contributed by atoms with Crippen LogP contribution in [0.2, 0.25) is 0 Å². The third-order valence-corrected chi connectivity index (χ3v) is 13.0. The molecule has 0 aromatic heterocycles. The summed E-state index contributed by atoms with van der Waals surface area (Å²) in [5, 5.41) is 62.9. The highest BCUT2D eigenvalue weighted by Gasteiger charge is 2.50. The van der Waals surface area contributed by atoms with Crippen molar-refractivity contribution < 1.29 is 68.5 Å². The summed E-state index contributed by atoms with van der Waals surface area (Å²) in [6.45, 7) is 0.663. The number of benzene rings is 3. The number of nitrogens with zero attached hydrogens (tertiary/aromatic N) is 2. The van der Waals surface area contributed by atoms with Crippen molar-refractivity contribution in [2.24, 2.45) is 10.8 Å². The summed E-state index contributed by atoms with van der Waals surface area (Å²) in [6.07, 6.45) is -5.44. The van der Waals surface area contributed by atoms with Gasteiger partial charge in [-0.3, -0.25) is 28.8 Å². The Bertz CT molecular complexity index is 2400. The van der Waals surface area contributed by atoms with Crippen molar-refractivity contribution in [3.05, 3.63) is 81.4 Å². The molecule has 2 aliphatic heterocycles. The van der Waals surface area contributed by atoms with Crippen molar-refractivity contribution in [1.82, 2.24) is 10.7 Å². The smallest absolute Gasteiger partial charge is 0.247 e. The molecule has 19 nitrogen and oxygen atoms in total. The number of carbonyl (C=O) groups is 6. The summed E-state index contributed by atoms with van der Waals surface area (Å²) in [5.74, 6) is -4.66. The lowest BCUT2D eigenvalue weighted by molar-refractivity contribution is -0.245. The van der Waals surface area contributed by atoms with E-state index in [-0.39, 0.29) is 71.1 Å². The Kier molecular flexibility index (Phi) is 13.1. The van der Waals surface area contributed by atoms with E-state index in [1.165, 1.54) is 32.4 Å². The monoisotopic (exact) mass is 889 g/mol. The van der Waals surface area contributed by atoms with Gasteiger partial charge >= 0.3 is 0 Å². The van der Waals surface area contributed by atoms with Crippen LogP contribution in [-0.2, 0) is 41.5 Å². The molecular weight excluding hydrogens is 843 g/mol. The number of aromatic hydroxyl groups is 2. The van der Waals surface area contributed by atoms with Gasteiger partial charge in [-0.25, -0.2) is 10.3 Å². The zero-order valence-corrected chi connectivity index (χ0v) is 35.3. The summed E-state index contributed by atoms with van der Waals surface area (Å²) in [7, 11) is 2.79. The highest BCUT2D eigenvalue weighted by Crippen LogP contribution is 2.52. The number of rotatable bonds is 13. The number of aliphatic hydroxyl groups is 3. The van der Waals surface area contributed by atoms with Crippen molar-refractivity contribution in [2.45, 2.75) is 86.9 Å². The van der Waals surface area contributed by atoms with Gasteiger partial charge in [0.1, 0.15) is 22.8 Å². The Morgan fingerprint density at radius 1 is 1.03 bits per heavy atom. The van der Waals surface area contributed by atoms with Gasteiger partial charge in [0.2, 0.25) is 29.4 Å². The van der Waals surface area contributed by atoms with Crippen LogP contribution in [0.25, 0.3) is 0 Å². The van der Waals surface area contributed by atoms with Crippen molar-refractivity contribution in [3.8, 4) is 17.2 Å². The number of aliphatic hydroxyl groups excluding tert-OH is 2. The van der Waals surface area contributed by atoms with Crippen LogP contribution in [0, 0.1) is 0 Å². The summed E-state index contributed by atoms with van der Waals surface area (Å²) >= 11 is 1.09. The number of hydrogen-bond donors (Lipinski definition) is 8. The van der Waals surface area contributed by atoms with E-state index in [1.807, 2.05) is 0 Å². The first kappa shape index (κ1) is 45.3. The van der Waals surface area contributed by atoms with Gasteiger partial charge in [-0.1, -0.05) is 24.3 Å². The Labute approximate surface area is 364 Å². The van der Waals surface area contributed by atoms with Crippen molar-refractivity contribution >= 4 is 58.4 Å². The van der Waals surface area contributed by atoms with E-state index in [9.17, 15) is 54.3 Å². The molecule has 0 bridgehead atoms. The van der Waals surface area contributed by atoms with Gasteiger partial charge in [0.25, 0.3) is 0 Å². The molecule has 3 aromatic rings. The molecule has 2 heterocycles. The van der Waals surface area contributed by atoms with Crippen molar-refractivity contribution in [3.63, 3.8) is 0 Å². The number of ether oxygens (including phenoxy) is 3. The maximum absolute atomic E-state index is 14.0. The standard InChI is InChI=1S/C43H47N5O14S/c1-19-37(53)24(44)13-32(61-19)62-26-16-43(59,15-23-34(26)41(57)36-35(39(23)55)38(54)22-5-4-6-25(60-3)33(22)40(36)56)28(17-49)46-47-29(50)12-9-20-7-10-21(11-8-20)48-31(52)14-27(42(48)58)63-18-30(51)45-2/h4-8,10-11,19,24,26-27,32,37,49,53,55,57,59H,9,12-18,44H2,1-3H3,(H,45,51)(H,47,50)/b46-28+/t19?,24?,26-,27?,32?,37?,43-/m0/s1. The van der Waals surface area contributed by atoms with E-state index in [1.54, 1.807) is 31.2 Å². The highest BCUT2D eigenvalue weighted by atomic mass is 32.2. The lowest BCUT2D eigenvalue weighted by Gasteiger charge is -2.43. The fraction of sp³-hybridized carbons (Fsp3) is 0.419. The van der Waals surface area contributed by atoms with Gasteiger partial charge in [0, 0.05) is 61.9 Å². The fourth-order valence-electron chi connectivity index (χ4n) is 8.41. The second-order valence-electron chi connectivity index (χ2n) is 15.7. The second kappa shape index (κ2) is 18.2. The minimum Gasteiger partial charge on any atom is -0.507 e. The normalized spacial score (nSPS) is 25.6. The van der Waals surface area contributed by atoms with Crippen molar-refractivity contribution in [1.29, 1.82) is 0 Å². The molecule has 334 valence electrons. The number of carbonyl (C=O) groups excluding carboxylic acids is 6. The number of amides is 4. The number of phenols is 2. The van der Waals surface area contributed by atoms with Crippen LogP contribution in [0.15, 0.2) is 47.6 Å². The zero-order chi connectivity index (χ0) is 45.5. The van der Waals surface area contributed by atoms with Crippen LogP contribution >= 0.6 is 11.8 Å². The number of hydrazone groups is 1. The van der Waals surface area contributed by atoms with Gasteiger partial charge in [0.05, 0.1) is 71.1 Å². The molecule has 5 unspecified atom stereocenters. The molecule has 63 heavy (non-hydrogen) atoms. The molecule has 7 atom stereocenters. The predicted octanol–water partition coefficient (Wildman–Crippen LogP) is 0.648. The number of ketones is 2. The SMILES string of the molecule is CNC(=O)CSC1CC(=O)N(c2ccc(CCC(=O)N/N=C(\CO)[C@]3(O)Cc4c(O)c5c(c(O)c4[C@@H](OC4CC(N)C(O)C(C)O4)C3)C(=O)c3c(OC)cccc3C5=O)cc2)C1=O. The van der Waals surface area contributed by atoms with Crippen LogP contribution in [0.4, 0.5) is 5.69 Å². The zero-order valence-electron chi connectivity index (χ0n) is 34.5. The fourth-order valence-corrected chi connectivity index (χ4v) is 9.41. The number of aryl methyl sites for hydroxylation is 1. The van der Waals surface area contributed by atoms with E-state index in [0.29, 0.717) is 11.3 Å². The third kappa shape index (κ3) is 8.54. The second-order valence-corrected chi connectivity index (χ2v) is 16.9. The quantitative estimate of drug-likeness (QED) is 0.0396. The minimum absolute atomic E-state index is 0.0336. The first-order valence-corrected chi connectivity index (χ1v) is 21.1. The van der Waals surface area contributed by atoms with Gasteiger partial charge in [0.15, 0.2) is 12.1 Å². The summed E-state index contributed by atoms with van der Waals surface area (Å²) in [6, 6.07) is 9.98. The molecule has 2 fully saturated rings. The van der Waals surface area contributed by atoms with Gasteiger partial charge in [-0.05, 0) is 37.1 Å². The molecule has 7 rings (SSSR count). The molecule has 3 aromatic carbocycles. The predicted molar refractivity (Wildman–Crippen MR) is 225 cm³/mol. The Balaban J connectivity index is 1.12. The summed E-state index contributed by atoms with van der Waals surface area (Å²) in [5.41, 5.74) is 5.36.